The fourth-order valence-electron chi connectivity index (χ4n) is 1.72. The highest BCUT2D eigenvalue weighted by Gasteiger charge is 2.05. The molecule has 0 aliphatic rings. The lowest BCUT2D eigenvalue weighted by atomic mass is 10.1. The Balaban J connectivity index is 2.30. The van der Waals surface area contributed by atoms with Gasteiger partial charge >= 0.3 is 0 Å². The molecular formula is C13H16N2O. The van der Waals surface area contributed by atoms with E-state index in [2.05, 4.69) is 23.6 Å². The maximum atomic E-state index is 5.83. The molecule has 1 atom stereocenters. The Morgan fingerprint density at radius 3 is 2.75 bits per heavy atom. The Hall–Kier alpha value is -1.58. The van der Waals surface area contributed by atoms with Crippen LogP contribution in [-0.4, -0.2) is 12.6 Å². The smallest absolute Gasteiger partial charge is 0.127 e. The van der Waals surface area contributed by atoms with E-state index in [9.17, 15) is 0 Å². The van der Waals surface area contributed by atoms with Crippen LogP contribution in [0.2, 0.25) is 0 Å². The van der Waals surface area contributed by atoms with Crippen molar-refractivity contribution in [2.24, 2.45) is 5.84 Å². The molecular weight excluding hydrogens is 200 g/mol. The maximum absolute atomic E-state index is 5.83. The fourth-order valence-corrected chi connectivity index (χ4v) is 1.72. The predicted octanol–water partition coefficient (Wildman–Crippen LogP) is 2.07. The number of hydrogen-bond acceptors (Lipinski definition) is 3. The second kappa shape index (κ2) is 4.96. The second-order valence-corrected chi connectivity index (χ2v) is 3.81. The normalized spacial score (nSPS) is 12.6. The molecule has 3 nitrogen and oxygen atoms in total. The van der Waals surface area contributed by atoms with Gasteiger partial charge in [-0.3, -0.25) is 11.3 Å². The van der Waals surface area contributed by atoms with Gasteiger partial charge in [0.05, 0.1) is 0 Å². The third-order valence-electron chi connectivity index (χ3n) is 2.48. The van der Waals surface area contributed by atoms with Crippen molar-refractivity contribution in [2.45, 2.75) is 13.0 Å². The highest BCUT2D eigenvalue weighted by Crippen LogP contribution is 2.25. The van der Waals surface area contributed by atoms with E-state index >= 15 is 0 Å². The molecule has 0 heterocycles. The van der Waals surface area contributed by atoms with Crippen molar-refractivity contribution >= 4 is 10.8 Å². The van der Waals surface area contributed by atoms with Gasteiger partial charge in [-0.05, 0) is 18.4 Å². The SMILES string of the molecule is CC(CNN)Oc1cccc2ccccc12. The first-order chi connectivity index (χ1) is 7.81. The molecule has 0 saturated heterocycles. The number of ether oxygens (including phenoxy) is 1. The number of nitrogens with two attached hydrogens (primary N) is 1. The summed E-state index contributed by atoms with van der Waals surface area (Å²) in [5.74, 6) is 6.17. The first-order valence-corrected chi connectivity index (χ1v) is 5.39. The molecule has 16 heavy (non-hydrogen) atoms. The van der Waals surface area contributed by atoms with Crippen LogP contribution in [0.15, 0.2) is 42.5 Å². The van der Waals surface area contributed by atoms with Crippen molar-refractivity contribution in [2.75, 3.05) is 6.54 Å². The Morgan fingerprint density at radius 1 is 1.19 bits per heavy atom. The van der Waals surface area contributed by atoms with Gasteiger partial charge in [0.1, 0.15) is 11.9 Å². The Kier molecular flexibility index (Phi) is 3.39. The highest BCUT2D eigenvalue weighted by molar-refractivity contribution is 5.88. The summed E-state index contributed by atoms with van der Waals surface area (Å²) in [7, 11) is 0. The van der Waals surface area contributed by atoms with Crippen molar-refractivity contribution in [1.29, 1.82) is 0 Å². The summed E-state index contributed by atoms with van der Waals surface area (Å²) in [4.78, 5) is 0. The van der Waals surface area contributed by atoms with Crippen molar-refractivity contribution in [1.82, 2.24) is 5.43 Å². The zero-order valence-corrected chi connectivity index (χ0v) is 9.31. The average Bonchev–Trinajstić information content (AvgIpc) is 2.30. The molecule has 2 aromatic rings. The van der Waals surface area contributed by atoms with E-state index in [0.29, 0.717) is 6.54 Å². The molecule has 3 heteroatoms. The largest absolute Gasteiger partial charge is 0.489 e. The van der Waals surface area contributed by atoms with Crippen LogP contribution in [0.5, 0.6) is 5.75 Å². The van der Waals surface area contributed by atoms with E-state index in [1.165, 1.54) is 5.39 Å². The van der Waals surface area contributed by atoms with Crippen molar-refractivity contribution < 1.29 is 4.74 Å². The van der Waals surface area contributed by atoms with Crippen molar-refractivity contribution in [3.05, 3.63) is 42.5 Å². The quantitative estimate of drug-likeness (QED) is 0.607. The van der Waals surface area contributed by atoms with Crippen LogP contribution in [0.3, 0.4) is 0 Å². The minimum atomic E-state index is 0.0517. The summed E-state index contributed by atoms with van der Waals surface area (Å²) >= 11 is 0. The monoisotopic (exact) mass is 216 g/mol. The van der Waals surface area contributed by atoms with Gasteiger partial charge < -0.3 is 4.74 Å². The van der Waals surface area contributed by atoms with Crippen LogP contribution in [0.4, 0.5) is 0 Å². The maximum Gasteiger partial charge on any atom is 0.127 e. The summed E-state index contributed by atoms with van der Waals surface area (Å²) in [5, 5.41) is 2.32. The lowest BCUT2D eigenvalue weighted by molar-refractivity contribution is 0.220. The van der Waals surface area contributed by atoms with E-state index in [0.717, 1.165) is 11.1 Å². The van der Waals surface area contributed by atoms with Crippen LogP contribution < -0.4 is 16.0 Å². The van der Waals surface area contributed by atoms with E-state index in [-0.39, 0.29) is 6.10 Å². The van der Waals surface area contributed by atoms with Gasteiger partial charge in [0.2, 0.25) is 0 Å². The Labute approximate surface area is 95.2 Å². The molecule has 0 saturated carbocycles. The summed E-state index contributed by atoms with van der Waals surface area (Å²) in [6.45, 7) is 2.62. The third-order valence-corrected chi connectivity index (χ3v) is 2.48. The van der Waals surface area contributed by atoms with Gasteiger partial charge in [0.15, 0.2) is 0 Å². The lowest BCUT2D eigenvalue weighted by Gasteiger charge is -2.15. The molecule has 1 unspecified atom stereocenters. The van der Waals surface area contributed by atoms with Crippen LogP contribution in [0.25, 0.3) is 10.8 Å². The molecule has 0 radical (unpaired) electrons. The number of hydrazine groups is 1. The summed E-state index contributed by atoms with van der Waals surface area (Å²) in [5.41, 5.74) is 2.61. The number of benzene rings is 2. The third kappa shape index (κ3) is 2.32. The standard InChI is InChI=1S/C13H16N2O/c1-10(9-15-14)16-13-8-4-6-11-5-2-3-7-12(11)13/h2-8,10,15H,9,14H2,1H3. The van der Waals surface area contributed by atoms with Gasteiger partial charge in [-0.2, -0.15) is 0 Å². The van der Waals surface area contributed by atoms with E-state index in [1.807, 2.05) is 31.2 Å². The topological polar surface area (TPSA) is 47.3 Å². The zero-order valence-electron chi connectivity index (χ0n) is 9.31. The van der Waals surface area contributed by atoms with Crippen LogP contribution >= 0.6 is 0 Å². The van der Waals surface area contributed by atoms with Gasteiger partial charge in [-0.1, -0.05) is 36.4 Å². The molecule has 84 valence electrons. The summed E-state index contributed by atoms with van der Waals surface area (Å²) in [6, 6.07) is 14.2. The summed E-state index contributed by atoms with van der Waals surface area (Å²) in [6.07, 6.45) is 0.0517. The minimum absolute atomic E-state index is 0.0517. The molecule has 0 spiro atoms. The lowest BCUT2D eigenvalue weighted by Crippen LogP contribution is -2.33. The van der Waals surface area contributed by atoms with E-state index in [4.69, 9.17) is 10.6 Å². The minimum Gasteiger partial charge on any atom is -0.489 e. The fraction of sp³-hybridized carbons (Fsp3) is 0.231. The zero-order chi connectivity index (χ0) is 11.4. The average molecular weight is 216 g/mol. The van der Waals surface area contributed by atoms with Crippen LogP contribution in [0, 0.1) is 0 Å². The molecule has 0 fully saturated rings. The second-order valence-electron chi connectivity index (χ2n) is 3.81. The molecule has 0 bridgehead atoms. The van der Waals surface area contributed by atoms with E-state index < -0.39 is 0 Å². The van der Waals surface area contributed by atoms with Gasteiger partial charge in [0.25, 0.3) is 0 Å². The molecule has 0 aromatic heterocycles. The number of nitrogens with one attached hydrogen (secondary N) is 1. The number of hydrogen-bond donors (Lipinski definition) is 2. The van der Waals surface area contributed by atoms with Crippen molar-refractivity contribution in [3.63, 3.8) is 0 Å². The Bertz CT molecular complexity index is 465. The van der Waals surface area contributed by atoms with Gasteiger partial charge in [0, 0.05) is 11.9 Å². The molecule has 2 rings (SSSR count). The van der Waals surface area contributed by atoms with Crippen LogP contribution in [0.1, 0.15) is 6.92 Å². The first kappa shape index (κ1) is 10.9. The summed E-state index contributed by atoms with van der Waals surface area (Å²) < 4.78 is 5.83. The van der Waals surface area contributed by atoms with Gasteiger partial charge in [-0.15, -0.1) is 0 Å². The van der Waals surface area contributed by atoms with Crippen LogP contribution in [-0.2, 0) is 0 Å². The molecule has 0 aliphatic carbocycles. The molecule has 0 aliphatic heterocycles. The van der Waals surface area contributed by atoms with Crippen molar-refractivity contribution in [3.8, 4) is 5.75 Å². The molecule has 2 aromatic carbocycles. The number of fused-ring (bicyclic) bond motifs is 1. The number of rotatable bonds is 4. The molecule has 3 N–H and O–H groups in total. The van der Waals surface area contributed by atoms with E-state index in [1.54, 1.807) is 0 Å². The van der Waals surface area contributed by atoms with Gasteiger partial charge in [-0.25, -0.2) is 0 Å². The molecule has 0 amide bonds. The Morgan fingerprint density at radius 2 is 1.94 bits per heavy atom. The highest BCUT2D eigenvalue weighted by atomic mass is 16.5. The predicted molar refractivity (Wildman–Crippen MR) is 66.2 cm³/mol. The first-order valence-electron chi connectivity index (χ1n) is 5.39.